The monoisotopic (exact) mass is 596 g/mol. The number of amides is 2. The van der Waals surface area contributed by atoms with Crippen LogP contribution >= 0.6 is 0 Å². The summed E-state index contributed by atoms with van der Waals surface area (Å²) in [6, 6.07) is 7.53. The molecular weight excluding hydrogens is 566 g/mol. The summed E-state index contributed by atoms with van der Waals surface area (Å²) in [5, 5.41) is 12.5. The summed E-state index contributed by atoms with van der Waals surface area (Å²) in [6.07, 6.45) is 3.32. The number of likely N-dealkylation sites (N-methyl/N-ethyl adjacent to an activating group) is 1. The number of nitrogens with zero attached hydrogens (tertiary/aromatic N) is 3. The largest absolute Gasteiger partial charge is 0.507 e. The molecule has 0 bridgehead atoms. The molecule has 0 spiro atoms. The molecule has 0 aliphatic heterocycles. The molecule has 0 aliphatic rings. The van der Waals surface area contributed by atoms with Gasteiger partial charge in [-0.1, -0.05) is 0 Å². The summed E-state index contributed by atoms with van der Waals surface area (Å²) in [5.41, 5.74) is -0.612. The lowest BCUT2D eigenvalue weighted by Crippen LogP contribution is -2.36. The van der Waals surface area contributed by atoms with Crippen LogP contribution in [0.3, 0.4) is 0 Å². The zero-order chi connectivity index (χ0) is 31.3. The number of carbonyl (C=O) groups excluding carboxylic acids is 2. The Balaban J connectivity index is 1.51. The number of aromatic nitrogens is 2. The molecule has 2 aromatic carbocycles. The fourth-order valence-electron chi connectivity index (χ4n) is 3.81. The molecule has 11 nitrogen and oxygen atoms in total. The van der Waals surface area contributed by atoms with E-state index in [9.17, 15) is 14.7 Å². The second-order valence-electron chi connectivity index (χ2n) is 10.3. The first-order valence-corrected chi connectivity index (χ1v) is 13.0. The fourth-order valence-corrected chi connectivity index (χ4v) is 3.81. The normalized spacial score (nSPS) is 11.1. The van der Waals surface area contributed by atoms with Crippen LogP contribution in [-0.4, -0.2) is 64.9 Å². The van der Waals surface area contributed by atoms with Crippen molar-refractivity contribution in [2.24, 2.45) is 0 Å². The topological polar surface area (TPSA) is 132 Å². The predicted molar refractivity (Wildman–Crippen MR) is 153 cm³/mol. The van der Waals surface area contributed by atoms with Gasteiger partial charge in [-0.05, 0) is 39.0 Å². The van der Waals surface area contributed by atoms with Gasteiger partial charge in [-0.25, -0.2) is 13.6 Å². The summed E-state index contributed by atoms with van der Waals surface area (Å²) in [4.78, 5) is 34.0. The van der Waals surface area contributed by atoms with Crippen LogP contribution in [0.5, 0.6) is 28.7 Å². The zero-order valence-electron chi connectivity index (χ0n) is 24.1. The number of benzene rings is 2. The van der Waals surface area contributed by atoms with E-state index < -0.39 is 35.0 Å². The van der Waals surface area contributed by atoms with E-state index in [1.165, 1.54) is 36.5 Å². The van der Waals surface area contributed by atoms with Gasteiger partial charge in [0.15, 0.2) is 28.9 Å². The number of methoxy groups -OCH3 is 1. The van der Waals surface area contributed by atoms with E-state index in [-0.39, 0.29) is 35.9 Å². The van der Waals surface area contributed by atoms with Crippen molar-refractivity contribution < 1.29 is 42.4 Å². The van der Waals surface area contributed by atoms with Crippen LogP contribution in [0.4, 0.5) is 19.3 Å². The van der Waals surface area contributed by atoms with Crippen LogP contribution in [0.15, 0.2) is 55.0 Å². The Hall–Kier alpha value is -5.20. The maximum atomic E-state index is 15.0. The third-order valence-electron chi connectivity index (χ3n) is 5.89. The highest BCUT2D eigenvalue weighted by Crippen LogP contribution is 2.38. The average Bonchev–Trinajstić information content (AvgIpc) is 2.93. The molecule has 0 aliphatic carbocycles. The number of pyridine rings is 2. The fraction of sp³-hybridized carbons (Fsp3) is 0.267. The van der Waals surface area contributed by atoms with Gasteiger partial charge in [-0.3, -0.25) is 14.8 Å². The SMILES string of the molecule is COc1cc2c(Oc3c(F)cc(NC(=O)c4cnccc4O)cc3F)ccnc2cc1OCCN(C)C(=O)OC(C)(C)C. The second-order valence-corrected chi connectivity index (χ2v) is 10.3. The van der Waals surface area contributed by atoms with Crippen molar-refractivity contribution in [1.29, 1.82) is 0 Å². The molecule has 0 saturated carbocycles. The average molecular weight is 597 g/mol. The maximum Gasteiger partial charge on any atom is 0.410 e. The number of hydrogen-bond acceptors (Lipinski definition) is 9. The van der Waals surface area contributed by atoms with Crippen LogP contribution in [0.1, 0.15) is 31.1 Å². The Bertz CT molecular complexity index is 1640. The number of anilines is 1. The van der Waals surface area contributed by atoms with E-state index in [1.807, 2.05) is 0 Å². The zero-order valence-corrected chi connectivity index (χ0v) is 24.1. The number of rotatable bonds is 9. The number of ether oxygens (including phenoxy) is 4. The Kier molecular flexibility index (Phi) is 9.12. The predicted octanol–water partition coefficient (Wildman–Crippen LogP) is 5.91. The van der Waals surface area contributed by atoms with Gasteiger partial charge < -0.3 is 34.3 Å². The molecule has 0 saturated heterocycles. The Morgan fingerprint density at radius 1 is 1.02 bits per heavy atom. The number of halogens is 2. The maximum absolute atomic E-state index is 15.0. The van der Waals surface area contributed by atoms with Crippen molar-refractivity contribution in [3.05, 3.63) is 72.2 Å². The van der Waals surface area contributed by atoms with Crippen molar-refractivity contribution in [2.75, 3.05) is 32.6 Å². The molecule has 2 amide bonds. The van der Waals surface area contributed by atoms with E-state index in [0.717, 1.165) is 18.3 Å². The lowest BCUT2D eigenvalue weighted by atomic mass is 10.1. The summed E-state index contributed by atoms with van der Waals surface area (Å²) in [5.74, 6) is -3.32. The minimum Gasteiger partial charge on any atom is -0.507 e. The van der Waals surface area contributed by atoms with Gasteiger partial charge in [0.1, 0.15) is 23.7 Å². The Labute approximate surface area is 246 Å². The highest BCUT2D eigenvalue weighted by Gasteiger charge is 2.21. The summed E-state index contributed by atoms with van der Waals surface area (Å²) >= 11 is 0. The van der Waals surface area contributed by atoms with E-state index in [1.54, 1.807) is 40.0 Å². The van der Waals surface area contributed by atoms with Gasteiger partial charge in [0, 0.05) is 54.9 Å². The van der Waals surface area contributed by atoms with Crippen molar-refractivity contribution in [3.8, 4) is 28.7 Å². The van der Waals surface area contributed by atoms with Crippen LogP contribution in [0, 0.1) is 11.6 Å². The van der Waals surface area contributed by atoms with Crippen LogP contribution in [0.25, 0.3) is 10.9 Å². The molecule has 0 radical (unpaired) electrons. The van der Waals surface area contributed by atoms with Crippen LogP contribution in [0.2, 0.25) is 0 Å². The third kappa shape index (κ3) is 7.56. The molecule has 2 heterocycles. The highest BCUT2D eigenvalue weighted by molar-refractivity contribution is 6.05. The van der Waals surface area contributed by atoms with Crippen molar-refractivity contribution in [1.82, 2.24) is 14.9 Å². The molecule has 4 rings (SSSR count). The van der Waals surface area contributed by atoms with Crippen LogP contribution in [-0.2, 0) is 4.74 Å². The smallest absolute Gasteiger partial charge is 0.410 e. The van der Waals surface area contributed by atoms with Crippen molar-refractivity contribution in [3.63, 3.8) is 0 Å². The summed E-state index contributed by atoms with van der Waals surface area (Å²) in [7, 11) is 3.01. The first-order chi connectivity index (χ1) is 20.4. The highest BCUT2D eigenvalue weighted by atomic mass is 19.1. The third-order valence-corrected chi connectivity index (χ3v) is 5.89. The summed E-state index contributed by atoms with van der Waals surface area (Å²) in [6.45, 7) is 5.67. The first-order valence-electron chi connectivity index (χ1n) is 13.0. The molecule has 4 aromatic rings. The molecule has 0 unspecified atom stereocenters. The molecule has 43 heavy (non-hydrogen) atoms. The molecule has 226 valence electrons. The van der Waals surface area contributed by atoms with Gasteiger partial charge in [0.25, 0.3) is 5.91 Å². The minimum absolute atomic E-state index is 0.0781. The van der Waals surface area contributed by atoms with Gasteiger partial charge in [0.05, 0.1) is 24.7 Å². The minimum atomic E-state index is -1.09. The lowest BCUT2D eigenvalue weighted by Gasteiger charge is -2.24. The standard InChI is InChI=1S/C30H30F2N4O7/c1-30(2,3)43-29(39)36(4)10-11-41-26-15-22-18(14-25(26)40-5)24(7-9-34-22)42-27-20(31)12-17(13-21(27)32)35-28(38)19-16-33-8-6-23(19)37/h6-9,12-16H,10-11H2,1-5H3,(H,33,37)(H,35,38). The first kappa shape index (κ1) is 30.8. The van der Waals surface area contributed by atoms with Gasteiger partial charge in [-0.15, -0.1) is 0 Å². The molecule has 2 aromatic heterocycles. The van der Waals surface area contributed by atoms with E-state index in [2.05, 4.69) is 15.3 Å². The number of carbonyl (C=O) groups is 2. The van der Waals surface area contributed by atoms with Crippen LogP contribution < -0.4 is 19.5 Å². The number of hydrogen-bond donors (Lipinski definition) is 2. The van der Waals surface area contributed by atoms with Gasteiger partial charge in [-0.2, -0.15) is 0 Å². The van der Waals surface area contributed by atoms with E-state index in [0.29, 0.717) is 22.4 Å². The second kappa shape index (κ2) is 12.8. The molecule has 13 heteroatoms. The van der Waals surface area contributed by atoms with Crippen molar-refractivity contribution in [2.45, 2.75) is 26.4 Å². The van der Waals surface area contributed by atoms with E-state index >= 15 is 8.78 Å². The Morgan fingerprint density at radius 2 is 1.74 bits per heavy atom. The van der Waals surface area contributed by atoms with Gasteiger partial charge in [0.2, 0.25) is 0 Å². The molecule has 2 N–H and O–H groups in total. The molecular formula is C30H30F2N4O7. The molecule has 0 atom stereocenters. The number of aromatic hydroxyl groups is 1. The molecule has 0 fully saturated rings. The Morgan fingerprint density at radius 3 is 2.40 bits per heavy atom. The quantitative estimate of drug-likeness (QED) is 0.242. The van der Waals surface area contributed by atoms with Gasteiger partial charge >= 0.3 is 6.09 Å². The number of fused-ring (bicyclic) bond motifs is 1. The van der Waals surface area contributed by atoms with E-state index in [4.69, 9.17) is 18.9 Å². The lowest BCUT2D eigenvalue weighted by molar-refractivity contribution is 0.0278. The number of nitrogens with one attached hydrogen (secondary N) is 1. The van der Waals surface area contributed by atoms with Crippen molar-refractivity contribution >= 4 is 28.6 Å². The summed E-state index contributed by atoms with van der Waals surface area (Å²) < 4.78 is 52.3.